The van der Waals surface area contributed by atoms with Crippen molar-refractivity contribution >= 4 is 40.8 Å². The van der Waals surface area contributed by atoms with Gasteiger partial charge in [-0.1, -0.05) is 46.9 Å². The Morgan fingerprint density at radius 1 is 0.949 bits per heavy atom. The van der Waals surface area contributed by atoms with Crippen molar-refractivity contribution in [3.63, 3.8) is 0 Å². The summed E-state index contributed by atoms with van der Waals surface area (Å²) in [4.78, 5) is 12.7. The number of rotatable bonds is 8. The maximum atomic E-state index is 12.7. The molecule has 5 nitrogen and oxygen atoms in total. The van der Waals surface area contributed by atoms with Gasteiger partial charge in [0.15, 0.2) is 0 Å². The molecular formula is C31H35Cl3N4O. The van der Waals surface area contributed by atoms with Gasteiger partial charge in [0.2, 0.25) is 0 Å². The van der Waals surface area contributed by atoms with Crippen LogP contribution in [0.25, 0.3) is 16.9 Å². The van der Waals surface area contributed by atoms with Crippen LogP contribution in [0.2, 0.25) is 15.1 Å². The summed E-state index contributed by atoms with van der Waals surface area (Å²) in [6.07, 6.45) is 11.0. The van der Waals surface area contributed by atoms with E-state index in [9.17, 15) is 4.79 Å². The number of nitrogens with zero attached hydrogens (tertiary/aromatic N) is 2. The van der Waals surface area contributed by atoms with Gasteiger partial charge in [-0.3, -0.25) is 0 Å². The standard InChI is InChI=1S/C31H35Cl3N4O/c1-19-27(18-36-30(39)35-10-2-9-31-15-20-11-21(16-31)13-22(12-20)17-31)37-38(28-8-7-25(33)14-26(28)34)29(19)23-3-5-24(32)6-4-23/h3-8,14,20-22H,2,9-13,15-18H2,1H3,(H2,35,36,39). The largest absolute Gasteiger partial charge is 0.338 e. The van der Waals surface area contributed by atoms with Crippen molar-refractivity contribution in [3.05, 3.63) is 68.8 Å². The van der Waals surface area contributed by atoms with E-state index in [1.54, 1.807) is 12.1 Å². The van der Waals surface area contributed by atoms with Crippen molar-refractivity contribution in [1.82, 2.24) is 20.4 Å². The first-order valence-electron chi connectivity index (χ1n) is 14.1. The number of carbonyl (C=O) groups excluding carboxylic acids is 1. The Morgan fingerprint density at radius 3 is 2.23 bits per heavy atom. The molecule has 2 amide bonds. The third-order valence-corrected chi connectivity index (χ3v) is 10.0. The first-order valence-corrected chi connectivity index (χ1v) is 15.2. The van der Waals surface area contributed by atoms with E-state index in [2.05, 4.69) is 10.6 Å². The summed E-state index contributed by atoms with van der Waals surface area (Å²) >= 11 is 18.9. The van der Waals surface area contributed by atoms with E-state index in [-0.39, 0.29) is 6.03 Å². The summed E-state index contributed by atoms with van der Waals surface area (Å²) in [5.74, 6) is 2.91. The lowest BCUT2D eigenvalue weighted by molar-refractivity contribution is -0.0579. The topological polar surface area (TPSA) is 59.0 Å². The smallest absolute Gasteiger partial charge is 0.315 e. The van der Waals surface area contributed by atoms with Gasteiger partial charge < -0.3 is 10.6 Å². The molecule has 2 aromatic carbocycles. The predicted molar refractivity (Wildman–Crippen MR) is 159 cm³/mol. The minimum Gasteiger partial charge on any atom is -0.338 e. The molecule has 4 aliphatic rings. The molecule has 7 rings (SSSR count). The van der Waals surface area contributed by atoms with E-state index in [1.807, 2.05) is 41.9 Å². The molecule has 8 heteroatoms. The zero-order valence-corrected chi connectivity index (χ0v) is 24.5. The average molecular weight is 586 g/mol. The van der Waals surface area contributed by atoms with Crippen LogP contribution in [0.4, 0.5) is 4.79 Å². The highest BCUT2D eigenvalue weighted by Crippen LogP contribution is 2.61. The van der Waals surface area contributed by atoms with Gasteiger partial charge in [0.05, 0.1) is 28.6 Å². The summed E-state index contributed by atoms with van der Waals surface area (Å²) in [6, 6.07) is 12.8. The van der Waals surface area contributed by atoms with Crippen LogP contribution in [0.1, 0.15) is 62.6 Å². The fraction of sp³-hybridized carbons (Fsp3) is 0.484. The molecule has 4 aliphatic carbocycles. The number of halogens is 3. The van der Waals surface area contributed by atoms with Crippen LogP contribution < -0.4 is 10.6 Å². The zero-order chi connectivity index (χ0) is 27.1. The Hall–Kier alpha value is -2.21. The lowest BCUT2D eigenvalue weighted by Gasteiger charge is -2.57. The van der Waals surface area contributed by atoms with Crippen molar-refractivity contribution in [2.45, 2.75) is 64.8 Å². The number of nitrogens with one attached hydrogen (secondary N) is 2. The van der Waals surface area contributed by atoms with Gasteiger partial charge in [0.25, 0.3) is 0 Å². The first kappa shape index (κ1) is 27.0. The molecule has 4 saturated carbocycles. The van der Waals surface area contributed by atoms with Gasteiger partial charge in [-0.25, -0.2) is 9.48 Å². The van der Waals surface area contributed by atoms with Crippen molar-refractivity contribution in [1.29, 1.82) is 0 Å². The molecule has 4 bridgehead atoms. The van der Waals surface area contributed by atoms with Crippen molar-refractivity contribution < 1.29 is 4.79 Å². The van der Waals surface area contributed by atoms with Crippen molar-refractivity contribution in [3.8, 4) is 16.9 Å². The lowest BCUT2D eigenvalue weighted by atomic mass is 9.48. The summed E-state index contributed by atoms with van der Waals surface area (Å²) in [5.41, 5.74) is 4.85. The van der Waals surface area contributed by atoms with Crippen LogP contribution in [-0.4, -0.2) is 22.4 Å². The molecule has 0 atom stereocenters. The highest BCUT2D eigenvalue weighted by atomic mass is 35.5. The molecule has 0 unspecified atom stereocenters. The molecule has 0 saturated heterocycles. The van der Waals surface area contributed by atoms with E-state index in [4.69, 9.17) is 39.9 Å². The lowest BCUT2D eigenvalue weighted by Crippen LogP contribution is -2.46. The van der Waals surface area contributed by atoms with E-state index in [0.29, 0.717) is 33.6 Å². The Kier molecular flexibility index (Phi) is 7.60. The van der Waals surface area contributed by atoms with Gasteiger partial charge in [0, 0.05) is 27.7 Å². The minimum atomic E-state index is -0.160. The van der Waals surface area contributed by atoms with Crippen LogP contribution in [-0.2, 0) is 6.54 Å². The number of amides is 2. The Bertz CT molecular complexity index is 1330. The molecular weight excluding hydrogens is 551 g/mol. The van der Waals surface area contributed by atoms with Gasteiger partial charge in [0.1, 0.15) is 0 Å². The third kappa shape index (κ3) is 5.68. The zero-order valence-electron chi connectivity index (χ0n) is 22.3. The maximum Gasteiger partial charge on any atom is 0.315 e. The fourth-order valence-corrected chi connectivity index (χ4v) is 8.59. The SMILES string of the molecule is Cc1c(CNC(=O)NCCCC23CC4CC(CC(C4)C2)C3)nn(-c2ccc(Cl)cc2Cl)c1-c1ccc(Cl)cc1. The summed E-state index contributed by atoms with van der Waals surface area (Å²) in [5, 5.41) is 12.7. The second-order valence-corrected chi connectivity index (χ2v) is 13.3. The number of urea groups is 1. The Labute approximate surface area is 245 Å². The van der Waals surface area contributed by atoms with Gasteiger partial charge in [-0.2, -0.15) is 5.10 Å². The molecule has 1 heterocycles. The van der Waals surface area contributed by atoms with Crippen LogP contribution in [0.15, 0.2) is 42.5 Å². The van der Waals surface area contributed by atoms with E-state index in [1.165, 1.54) is 44.9 Å². The van der Waals surface area contributed by atoms with Crippen LogP contribution >= 0.6 is 34.8 Å². The van der Waals surface area contributed by atoms with Gasteiger partial charge in [-0.15, -0.1) is 0 Å². The van der Waals surface area contributed by atoms with E-state index >= 15 is 0 Å². The fourth-order valence-electron chi connectivity index (χ4n) is 7.97. The van der Waals surface area contributed by atoms with Crippen LogP contribution in [0, 0.1) is 30.1 Å². The highest BCUT2D eigenvalue weighted by Gasteiger charge is 2.50. The van der Waals surface area contributed by atoms with E-state index < -0.39 is 0 Å². The number of hydrogen-bond donors (Lipinski definition) is 2. The quantitative estimate of drug-likeness (QED) is 0.260. The van der Waals surface area contributed by atoms with Crippen molar-refractivity contribution in [2.24, 2.45) is 23.2 Å². The van der Waals surface area contributed by atoms with E-state index in [0.717, 1.165) is 52.4 Å². The monoisotopic (exact) mass is 584 g/mol. The molecule has 0 aliphatic heterocycles. The molecule has 4 fully saturated rings. The second kappa shape index (κ2) is 11.0. The van der Waals surface area contributed by atoms with Crippen LogP contribution in [0.5, 0.6) is 0 Å². The Balaban J connectivity index is 1.10. The molecule has 1 aromatic heterocycles. The second-order valence-electron chi connectivity index (χ2n) is 12.1. The number of carbonyl (C=O) groups is 1. The summed E-state index contributed by atoms with van der Waals surface area (Å²) < 4.78 is 1.82. The van der Waals surface area contributed by atoms with Gasteiger partial charge in [-0.05, 0) is 112 Å². The molecule has 39 heavy (non-hydrogen) atoms. The maximum absolute atomic E-state index is 12.7. The summed E-state index contributed by atoms with van der Waals surface area (Å²) in [7, 11) is 0. The number of hydrogen-bond acceptors (Lipinski definition) is 2. The molecule has 0 radical (unpaired) electrons. The number of benzene rings is 2. The third-order valence-electron chi connectivity index (χ3n) is 9.23. The van der Waals surface area contributed by atoms with Gasteiger partial charge >= 0.3 is 6.03 Å². The number of aromatic nitrogens is 2. The summed E-state index contributed by atoms with van der Waals surface area (Å²) in [6.45, 7) is 3.03. The molecule has 2 N–H and O–H groups in total. The highest BCUT2D eigenvalue weighted by molar-refractivity contribution is 6.35. The molecule has 3 aromatic rings. The molecule has 206 valence electrons. The molecule has 0 spiro atoms. The normalized spacial score (nSPS) is 25.2. The average Bonchev–Trinajstić information content (AvgIpc) is 3.20. The predicted octanol–water partition coefficient (Wildman–Crippen LogP) is 8.60. The minimum absolute atomic E-state index is 0.160. The first-order chi connectivity index (χ1) is 18.8. The van der Waals surface area contributed by atoms with Crippen molar-refractivity contribution in [2.75, 3.05) is 6.54 Å². The Morgan fingerprint density at radius 2 is 1.59 bits per heavy atom. The van der Waals surface area contributed by atoms with Crippen LogP contribution in [0.3, 0.4) is 0 Å².